The molecule has 27 heavy (non-hydrogen) atoms. The van der Waals surface area contributed by atoms with E-state index in [0.29, 0.717) is 12.2 Å². The Balaban J connectivity index is 1.72. The number of benzene rings is 2. The van der Waals surface area contributed by atoms with Crippen LogP contribution in [0.4, 0.5) is 5.69 Å². The molecule has 2 aromatic carbocycles. The molecule has 0 aliphatic carbocycles. The minimum Gasteiger partial charge on any atom is -0.368 e. The van der Waals surface area contributed by atoms with Crippen LogP contribution in [0.3, 0.4) is 0 Å². The Hall–Kier alpha value is -3.40. The van der Waals surface area contributed by atoms with Crippen LogP contribution in [-0.2, 0) is 6.54 Å². The number of anilines is 1. The van der Waals surface area contributed by atoms with Crippen molar-refractivity contribution in [1.29, 1.82) is 0 Å². The lowest BCUT2D eigenvalue weighted by atomic mass is 10.0. The van der Waals surface area contributed by atoms with Crippen LogP contribution in [0.5, 0.6) is 0 Å². The van der Waals surface area contributed by atoms with Crippen molar-refractivity contribution in [2.75, 3.05) is 11.9 Å². The summed E-state index contributed by atoms with van der Waals surface area (Å²) in [7, 11) is 2.03. The molecule has 0 aliphatic heterocycles. The van der Waals surface area contributed by atoms with Gasteiger partial charge in [-0.1, -0.05) is 54.6 Å². The van der Waals surface area contributed by atoms with Crippen LogP contribution in [0.2, 0.25) is 0 Å². The molecule has 0 saturated heterocycles. The van der Waals surface area contributed by atoms with E-state index in [1.807, 2.05) is 56.4 Å². The summed E-state index contributed by atoms with van der Waals surface area (Å²) < 4.78 is 1.59. The molecule has 0 N–H and O–H groups in total. The van der Waals surface area contributed by atoms with Crippen LogP contribution in [-0.4, -0.2) is 16.4 Å². The third-order valence-electron chi connectivity index (χ3n) is 4.74. The summed E-state index contributed by atoms with van der Waals surface area (Å²) in [5, 5.41) is 0. The average molecular weight is 355 g/mol. The molecule has 134 valence electrons. The van der Waals surface area contributed by atoms with E-state index in [4.69, 9.17) is 4.98 Å². The minimum atomic E-state index is -0.0524. The predicted octanol–water partition coefficient (Wildman–Crippen LogP) is 4.31. The molecular weight excluding hydrogens is 334 g/mol. The topological polar surface area (TPSA) is 37.6 Å². The molecule has 0 aliphatic rings. The SMILES string of the molecule is Cc1cccn2c(=O)cc(CN(C)c3ccccc3-c3ccccc3)nc12. The summed E-state index contributed by atoms with van der Waals surface area (Å²) in [6.45, 7) is 2.53. The van der Waals surface area contributed by atoms with Gasteiger partial charge in [0.15, 0.2) is 0 Å². The first-order valence-electron chi connectivity index (χ1n) is 8.97. The van der Waals surface area contributed by atoms with Crippen LogP contribution in [0.25, 0.3) is 16.8 Å². The van der Waals surface area contributed by atoms with Crippen LogP contribution >= 0.6 is 0 Å². The summed E-state index contributed by atoms with van der Waals surface area (Å²) in [6.07, 6.45) is 1.76. The van der Waals surface area contributed by atoms with Gasteiger partial charge < -0.3 is 4.90 Å². The Bertz CT molecular complexity index is 1150. The maximum atomic E-state index is 12.5. The molecule has 0 bridgehead atoms. The van der Waals surface area contributed by atoms with E-state index in [9.17, 15) is 4.79 Å². The first kappa shape index (κ1) is 17.0. The summed E-state index contributed by atoms with van der Waals surface area (Å²) in [5.74, 6) is 0. The molecule has 0 spiro atoms. The van der Waals surface area contributed by atoms with E-state index in [0.717, 1.165) is 22.5 Å². The van der Waals surface area contributed by atoms with E-state index in [-0.39, 0.29) is 5.56 Å². The van der Waals surface area contributed by atoms with Gasteiger partial charge in [-0.15, -0.1) is 0 Å². The molecule has 2 heterocycles. The molecule has 4 aromatic rings. The highest BCUT2D eigenvalue weighted by molar-refractivity contribution is 5.78. The number of aryl methyl sites for hydroxylation is 1. The number of rotatable bonds is 4. The van der Waals surface area contributed by atoms with Gasteiger partial charge in [-0.25, -0.2) is 4.98 Å². The van der Waals surface area contributed by atoms with E-state index in [2.05, 4.69) is 29.2 Å². The zero-order valence-electron chi connectivity index (χ0n) is 15.5. The summed E-state index contributed by atoms with van der Waals surface area (Å²) in [6, 6.07) is 24.1. The predicted molar refractivity (Wildman–Crippen MR) is 110 cm³/mol. The number of hydrogen-bond acceptors (Lipinski definition) is 3. The number of fused-ring (bicyclic) bond motifs is 1. The van der Waals surface area contributed by atoms with Crippen molar-refractivity contribution in [3.63, 3.8) is 0 Å². The standard InChI is InChI=1S/C23H21N3O/c1-17-9-8-14-26-22(27)15-19(24-23(17)26)16-25(2)21-13-7-6-12-20(21)18-10-4-3-5-11-18/h3-15H,16H2,1-2H3. The Labute approximate surface area is 158 Å². The average Bonchev–Trinajstić information content (AvgIpc) is 2.69. The van der Waals surface area contributed by atoms with Gasteiger partial charge in [0.25, 0.3) is 5.56 Å². The molecule has 0 fully saturated rings. The zero-order valence-corrected chi connectivity index (χ0v) is 15.5. The number of pyridine rings is 1. The molecule has 4 nitrogen and oxygen atoms in total. The van der Waals surface area contributed by atoms with Crippen molar-refractivity contribution in [2.45, 2.75) is 13.5 Å². The van der Waals surface area contributed by atoms with E-state index >= 15 is 0 Å². The molecule has 0 atom stereocenters. The fourth-order valence-electron chi connectivity index (χ4n) is 3.39. The largest absolute Gasteiger partial charge is 0.368 e. The van der Waals surface area contributed by atoms with Crippen molar-refractivity contribution >= 4 is 11.3 Å². The minimum absolute atomic E-state index is 0.0524. The van der Waals surface area contributed by atoms with Crippen LogP contribution in [0, 0.1) is 6.92 Å². The van der Waals surface area contributed by atoms with Gasteiger partial charge in [0, 0.05) is 30.6 Å². The normalized spacial score (nSPS) is 10.9. The number of hydrogen-bond donors (Lipinski definition) is 0. The van der Waals surface area contributed by atoms with Gasteiger partial charge in [0.1, 0.15) is 5.65 Å². The zero-order chi connectivity index (χ0) is 18.8. The molecule has 4 rings (SSSR count). The lowest BCUT2D eigenvalue weighted by molar-refractivity contribution is 0.869. The lowest BCUT2D eigenvalue weighted by Gasteiger charge is -2.22. The van der Waals surface area contributed by atoms with Gasteiger partial charge in [0.05, 0.1) is 12.2 Å². The Kier molecular flexibility index (Phi) is 4.47. The van der Waals surface area contributed by atoms with Crippen molar-refractivity contribution in [3.05, 3.63) is 101 Å². The maximum absolute atomic E-state index is 12.5. The first-order valence-corrected chi connectivity index (χ1v) is 8.97. The highest BCUT2D eigenvalue weighted by atomic mass is 16.1. The van der Waals surface area contributed by atoms with Gasteiger partial charge in [-0.05, 0) is 30.2 Å². The molecule has 2 aromatic heterocycles. The summed E-state index contributed by atoms with van der Waals surface area (Å²) in [4.78, 5) is 19.3. The van der Waals surface area contributed by atoms with Crippen LogP contribution in [0.1, 0.15) is 11.3 Å². The number of nitrogens with zero attached hydrogens (tertiary/aromatic N) is 3. The van der Waals surface area contributed by atoms with E-state index in [1.165, 1.54) is 5.56 Å². The molecular formula is C23H21N3O. The van der Waals surface area contributed by atoms with Crippen LogP contribution < -0.4 is 10.5 Å². The molecule has 0 amide bonds. The van der Waals surface area contributed by atoms with Crippen molar-refractivity contribution in [1.82, 2.24) is 9.38 Å². The second-order valence-electron chi connectivity index (χ2n) is 6.71. The Morgan fingerprint density at radius 2 is 1.70 bits per heavy atom. The second kappa shape index (κ2) is 7.08. The van der Waals surface area contributed by atoms with Crippen molar-refractivity contribution in [3.8, 4) is 11.1 Å². The van der Waals surface area contributed by atoms with E-state index < -0.39 is 0 Å². The molecule has 4 heteroatoms. The smallest absolute Gasteiger partial charge is 0.258 e. The molecule has 0 saturated carbocycles. The van der Waals surface area contributed by atoms with Gasteiger partial charge >= 0.3 is 0 Å². The third-order valence-corrected chi connectivity index (χ3v) is 4.74. The second-order valence-corrected chi connectivity index (χ2v) is 6.71. The van der Waals surface area contributed by atoms with Gasteiger partial charge in [-0.3, -0.25) is 9.20 Å². The Morgan fingerprint density at radius 3 is 2.52 bits per heavy atom. The van der Waals surface area contributed by atoms with Gasteiger partial charge in [0.2, 0.25) is 0 Å². The number of aromatic nitrogens is 2. The van der Waals surface area contributed by atoms with Gasteiger partial charge in [-0.2, -0.15) is 0 Å². The highest BCUT2D eigenvalue weighted by Gasteiger charge is 2.11. The summed E-state index contributed by atoms with van der Waals surface area (Å²) >= 11 is 0. The quantitative estimate of drug-likeness (QED) is 0.547. The highest BCUT2D eigenvalue weighted by Crippen LogP contribution is 2.30. The number of para-hydroxylation sites is 1. The fraction of sp³-hybridized carbons (Fsp3) is 0.130. The summed E-state index contributed by atoms with van der Waals surface area (Å²) in [5.41, 5.74) is 5.85. The van der Waals surface area contributed by atoms with Crippen LogP contribution in [0.15, 0.2) is 83.8 Å². The lowest BCUT2D eigenvalue weighted by Crippen LogP contribution is -2.22. The monoisotopic (exact) mass is 355 g/mol. The van der Waals surface area contributed by atoms with Crippen molar-refractivity contribution in [2.24, 2.45) is 0 Å². The Morgan fingerprint density at radius 1 is 0.963 bits per heavy atom. The fourth-order valence-corrected chi connectivity index (χ4v) is 3.39. The first-order chi connectivity index (χ1) is 13.1. The molecule has 0 radical (unpaired) electrons. The maximum Gasteiger partial charge on any atom is 0.258 e. The third kappa shape index (κ3) is 3.34. The van der Waals surface area contributed by atoms with Crippen molar-refractivity contribution < 1.29 is 0 Å². The van der Waals surface area contributed by atoms with E-state index in [1.54, 1.807) is 16.7 Å². The molecule has 0 unspecified atom stereocenters.